The zero-order valence-corrected chi connectivity index (χ0v) is 17.8. The van der Waals surface area contributed by atoms with Crippen LogP contribution in [0.5, 0.6) is 0 Å². The van der Waals surface area contributed by atoms with Crippen molar-refractivity contribution in [3.05, 3.63) is 0 Å². The predicted octanol–water partition coefficient (Wildman–Crippen LogP) is -15.2. The predicted molar refractivity (Wildman–Crippen MR) is 20.1 cm³/mol. The molecule has 12 heteroatoms. The summed E-state index contributed by atoms with van der Waals surface area (Å²) >= 11 is 0. The van der Waals surface area contributed by atoms with Gasteiger partial charge >= 0.3 is 118 Å². The largest absolute Gasteiger partial charge is 1.00 e. The number of hydrogen-bond donors (Lipinski definition) is 0. The van der Waals surface area contributed by atoms with Crippen LogP contribution < -0.4 is 138 Å². The van der Waals surface area contributed by atoms with E-state index in [-0.39, 0.29) is 118 Å². The molecule has 0 spiro atoms. The van der Waals surface area contributed by atoms with Crippen molar-refractivity contribution in [2.24, 2.45) is 0 Å². The van der Waals surface area contributed by atoms with Crippen LogP contribution in [0.2, 0.25) is 0 Å². The van der Waals surface area contributed by atoms with E-state index in [0.29, 0.717) is 0 Å². The molecule has 0 aliphatic heterocycles. The van der Waals surface area contributed by atoms with Crippen LogP contribution in [-0.4, -0.2) is 5.90 Å². The van der Waals surface area contributed by atoms with Crippen LogP contribution in [0.1, 0.15) is 0 Å². The fourth-order valence-corrected chi connectivity index (χ4v) is 1.91. The van der Waals surface area contributed by atoms with E-state index < -0.39 is 21.1 Å². The van der Waals surface area contributed by atoms with Crippen molar-refractivity contribution in [2.45, 2.75) is 0 Å². The first-order chi connectivity index (χ1) is 3.71. The molecule has 0 radical (unpaired) electrons. The third-order valence-corrected chi connectivity index (χ3v) is 3.12. The first kappa shape index (κ1) is 30.4. The molecule has 56 valence electrons. The second-order valence-electron chi connectivity index (χ2n) is 1.36. The maximum atomic E-state index is 9.55. The monoisotopic (exact) mass is 264 g/mol. The van der Waals surface area contributed by atoms with Crippen molar-refractivity contribution in [1.82, 2.24) is 0 Å². The molecule has 0 fully saturated rings. The van der Waals surface area contributed by atoms with Crippen molar-refractivity contribution in [3.63, 3.8) is 0 Å². The molecular weight excluding hydrogens is 262 g/mol. The van der Waals surface area contributed by atoms with Gasteiger partial charge in [0.05, 0.1) is 0 Å². The van der Waals surface area contributed by atoms with Gasteiger partial charge in [-0.1, -0.05) is 15.2 Å². The summed E-state index contributed by atoms with van der Waals surface area (Å²) in [4.78, 5) is 38.2. The van der Waals surface area contributed by atoms with E-state index in [1.54, 1.807) is 0 Å². The average molecular weight is 264 g/mol. The van der Waals surface area contributed by atoms with Gasteiger partial charge < -0.3 is 28.7 Å². The van der Waals surface area contributed by atoms with Crippen molar-refractivity contribution in [3.8, 4) is 0 Å². The van der Waals surface area contributed by atoms with Crippen molar-refractivity contribution in [2.75, 3.05) is 5.90 Å². The topological polar surface area (TPSA) is 126 Å². The molecule has 0 aromatic carbocycles. The Kier molecular flexibility index (Phi) is 29.8. The van der Waals surface area contributed by atoms with Crippen LogP contribution in [0, 0.1) is 0 Å². The molecule has 0 bridgehead atoms. The van der Waals surface area contributed by atoms with Gasteiger partial charge in [0.1, 0.15) is 0 Å². The molecular formula is CH2Na4O6P2. The van der Waals surface area contributed by atoms with Crippen LogP contribution >= 0.6 is 15.2 Å². The zero-order valence-electron chi connectivity index (χ0n) is 8.05. The smallest absolute Gasteiger partial charge is 0.810 e. The molecule has 0 heterocycles. The third kappa shape index (κ3) is 31.4. The van der Waals surface area contributed by atoms with Crippen molar-refractivity contribution < 1.29 is 147 Å². The number of hydrogen-bond acceptors (Lipinski definition) is 6. The maximum absolute atomic E-state index is 9.55. The summed E-state index contributed by atoms with van der Waals surface area (Å²) in [6.45, 7) is 0. The zero-order chi connectivity index (χ0) is 7.71. The normalized spacial score (nSPS) is 9.54. The molecule has 6 nitrogen and oxygen atoms in total. The molecule has 0 N–H and O–H groups in total. The summed E-state index contributed by atoms with van der Waals surface area (Å²) < 4.78 is 19.1. The molecule has 13 heavy (non-hydrogen) atoms. The molecule has 0 amide bonds. The molecule has 0 rings (SSSR count). The van der Waals surface area contributed by atoms with Gasteiger partial charge in [0.15, 0.2) is 0 Å². The molecule has 0 atom stereocenters. The van der Waals surface area contributed by atoms with E-state index in [4.69, 9.17) is 0 Å². The second kappa shape index (κ2) is 12.7. The minimum Gasteiger partial charge on any atom is -0.810 e. The summed E-state index contributed by atoms with van der Waals surface area (Å²) in [5.74, 6) is -1.82. The van der Waals surface area contributed by atoms with E-state index in [9.17, 15) is 28.7 Å². The van der Waals surface area contributed by atoms with Gasteiger partial charge in [-0.15, -0.1) is 0 Å². The molecule has 0 aliphatic rings. The van der Waals surface area contributed by atoms with Crippen LogP contribution in [0.4, 0.5) is 0 Å². The van der Waals surface area contributed by atoms with E-state index in [1.165, 1.54) is 0 Å². The van der Waals surface area contributed by atoms with Crippen LogP contribution in [0.15, 0.2) is 0 Å². The molecule has 0 aromatic rings. The third-order valence-electron chi connectivity index (χ3n) is 0.346. The molecule has 0 aliphatic carbocycles. The van der Waals surface area contributed by atoms with Gasteiger partial charge in [0, 0.05) is 5.90 Å². The van der Waals surface area contributed by atoms with Gasteiger partial charge in [-0.25, -0.2) is 0 Å². The minimum atomic E-state index is -5.18. The minimum absolute atomic E-state index is 0. The van der Waals surface area contributed by atoms with Crippen LogP contribution in [-0.2, 0) is 9.13 Å². The van der Waals surface area contributed by atoms with E-state index >= 15 is 0 Å². The summed E-state index contributed by atoms with van der Waals surface area (Å²) in [5.41, 5.74) is 0. The Labute approximate surface area is 164 Å². The fraction of sp³-hybridized carbons (Fsp3) is 1.00. The molecule has 0 saturated carbocycles. The van der Waals surface area contributed by atoms with Gasteiger partial charge in [-0.3, -0.25) is 0 Å². The SMILES string of the molecule is O=P([O-])([O-])CP(=O)([O-])[O-].[Na+].[Na+].[Na+].[Na+]. The molecule has 0 saturated heterocycles. The fourth-order valence-electron chi connectivity index (χ4n) is 0.212. The summed E-state index contributed by atoms with van der Waals surface area (Å²) in [5, 5.41) is 0. The van der Waals surface area contributed by atoms with Gasteiger partial charge in [0.25, 0.3) is 0 Å². The Bertz CT molecular complexity index is 163. The van der Waals surface area contributed by atoms with Crippen LogP contribution in [0.3, 0.4) is 0 Å². The van der Waals surface area contributed by atoms with Crippen molar-refractivity contribution >= 4 is 15.2 Å². The quantitative estimate of drug-likeness (QED) is 0.360. The summed E-state index contributed by atoms with van der Waals surface area (Å²) in [7, 11) is -10.4. The Balaban J connectivity index is -0.0000000533. The molecule has 0 unspecified atom stereocenters. The van der Waals surface area contributed by atoms with Gasteiger partial charge in [0.2, 0.25) is 0 Å². The first-order valence-corrected chi connectivity index (χ1v) is 5.18. The standard InChI is InChI=1S/CH6O6P2.4Na/c2-8(3,4)1-9(5,6)7;;;;/h1H2,(H2,2,3,4)(H2,5,6,7);;;;/q;4*+1/p-4. The Hall–Kier alpha value is 4.30. The average Bonchev–Trinajstić information content (AvgIpc) is 1.14. The Morgan fingerprint density at radius 2 is 0.846 bits per heavy atom. The van der Waals surface area contributed by atoms with Crippen molar-refractivity contribution in [1.29, 1.82) is 0 Å². The van der Waals surface area contributed by atoms with Gasteiger partial charge in [-0.2, -0.15) is 0 Å². The summed E-state index contributed by atoms with van der Waals surface area (Å²) in [6.07, 6.45) is 0. The van der Waals surface area contributed by atoms with E-state index in [1.807, 2.05) is 0 Å². The maximum Gasteiger partial charge on any atom is 1.00 e. The molecule has 0 aromatic heterocycles. The second-order valence-corrected chi connectivity index (χ2v) is 4.94. The Morgan fingerprint density at radius 1 is 0.692 bits per heavy atom. The first-order valence-electron chi connectivity index (χ1n) is 1.73. The van der Waals surface area contributed by atoms with E-state index in [0.717, 1.165) is 0 Å². The van der Waals surface area contributed by atoms with Gasteiger partial charge in [-0.05, 0) is 0 Å². The summed E-state index contributed by atoms with van der Waals surface area (Å²) in [6, 6.07) is 0. The van der Waals surface area contributed by atoms with E-state index in [2.05, 4.69) is 0 Å². The number of rotatable bonds is 2. The van der Waals surface area contributed by atoms with Crippen LogP contribution in [0.25, 0.3) is 0 Å². The Morgan fingerprint density at radius 3 is 0.846 bits per heavy atom.